The highest BCUT2D eigenvalue weighted by Crippen LogP contribution is 2.33. The van der Waals surface area contributed by atoms with E-state index in [0.717, 1.165) is 6.07 Å². The van der Waals surface area contributed by atoms with Crippen molar-refractivity contribution in [2.75, 3.05) is 0 Å². The molecule has 0 aromatic heterocycles. The first-order valence-corrected chi connectivity index (χ1v) is 8.80. The zero-order chi connectivity index (χ0) is 19.1. The molecule has 2 rings (SSSR count). The van der Waals surface area contributed by atoms with E-state index in [-0.39, 0.29) is 10.6 Å². The highest BCUT2D eigenvalue weighted by atomic mass is 127. The van der Waals surface area contributed by atoms with Crippen molar-refractivity contribution >= 4 is 50.3 Å². The molecule has 0 unspecified atom stereocenters. The van der Waals surface area contributed by atoms with Crippen LogP contribution in [0.4, 0.5) is 17.6 Å². The molecule has 0 aliphatic heterocycles. The summed E-state index contributed by atoms with van der Waals surface area (Å²) in [7, 11) is -5.86. The number of halogens is 6. The van der Waals surface area contributed by atoms with Crippen LogP contribution >= 0.6 is 34.2 Å². The van der Waals surface area contributed by atoms with E-state index < -0.39 is 50.0 Å². The molecule has 0 fully saturated rings. The molecule has 134 valence electrons. The summed E-state index contributed by atoms with van der Waals surface area (Å²) in [6.45, 7) is 0. The van der Waals surface area contributed by atoms with Crippen molar-refractivity contribution in [2.45, 2.75) is 4.90 Å². The molecule has 0 aliphatic rings. The summed E-state index contributed by atoms with van der Waals surface area (Å²) in [6, 6.07) is 3.83. The van der Waals surface area contributed by atoms with Crippen molar-refractivity contribution < 1.29 is 40.1 Å². The highest BCUT2D eigenvalue weighted by Gasteiger charge is 2.31. The monoisotopic (exact) mass is 509 g/mol. The third kappa shape index (κ3) is 3.88. The second kappa shape index (κ2) is 7.05. The average molecular weight is 510 g/mol. The number of hydrogen-bond acceptors (Lipinski definition) is 5. The van der Waals surface area contributed by atoms with Crippen molar-refractivity contribution in [3.8, 4) is 5.75 Å². The Morgan fingerprint density at radius 1 is 1.08 bits per heavy atom. The minimum Gasteiger partial charge on any atom is -0.744 e. The smallest absolute Gasteiger partial charge is 0.345 e. The fourth-order valence-corrected chi connectivity index (χ4v) is 3.25. The number of rotatable bonds is 3. The van der Waals surface area contributed by atoms with Gasteiger partial charge < -0.3 is 9.29 Å². The van der Waals surface area contributed by atoms with E-state index in [0.29, 0.717) is 3.57 Å². The largest absolute Gasteiger partial charge is 0.744 e. The SMILES string of the molecule is O=C(Oc1c(F)c(F)c(S(=O)(=O)[O-])c(F)c1F)c1ccc(I)cc1Cl. The van der Waals surface area contributed by atoms with Gasteiger partial charge in [0.25, 0.3) is 0 Å². The molecule has 0 aliphatic carbocycles. The van der Waals surface area contributed by atoms with E-state index in [1.54, 1.807) is 0 Å². The van der Waals surface area contributed by atoms with Crippen LogP contribution in [0.3, 0.4) is 0 Å². The fourth-order valence-electron chi connectivity index (χ4n) is 1.70. The van der Waals surface area contributed by atoms with Gasteiger partial charge in [-0.15, -0.1) is 0 Å². The van der Waals surface area contributed by atoms with E-state index in [9.17, 15) is 35.3 Å². The van der Waals surface area contributed by atoms with Gasteiger partial charge in [0.2, 0.25) is 17.4 Å². The molecular weight excluding hydrogens is 507 g/mol. The highest BCUT2D eigenvalue weighted by molar-refractivity contribution is 14.1. The van der Waals surface area contributed by atoms with Gasteiger partial charge in [-0.2, -0.15) is 8.78 Å². The average Bonchev–Trinajstić information content (AvgIpc) is 2.48. The minimum atomic E-state index is -5.86. The van der Waals surface area contributed by atoms with Gasteiger partial charge in [-0.25, -0.2) is 22.0 Å². The third-order valence-electron chi connectivity index (χ3n) is 2.78. The Bertz CT molecular complexity index is 967. The topological polar surface area (TPSA) is 83.5 Å². The lowest BCUT2D eigenvalue weighted by molar-refractivity contribution is 0.0716. The summed E-state index contributed by atoms with van der Waals surface area (Å²) in [5.41, 5.74) is -0.373. The normalized spacial score (nSPS) is 11.5. The molecular formula is C13H3ClF4IO5S-. The molecule has 0 N–H and O–H groups in total. The van der Waals surface area contributed by atoms with Gasteiger partial charge in [-0.1, -0.05) is 11.6 Å². The second-order valence-corrected chi connectivity index (χ2v) is 7.35. The van der Waals surface area contributed by atoms with Crippen LogP contribution in [0.2, 0.25) is 5.02 Å². The van der Waals surface area contributed by atoms with Crippen molar-refractivity contribution in [2.24, 2.45) is 0 Å². The number of hydrogen-bond donors (Lipinski definition) is 0. The lowest BCUT2D eigenvalue weighted by Gasteiger charge is -2.14. The number of carbonyl (C=O) groups is 1. The van der Waals surface area contributed by atoms with Crippen LogP contribution in [0.1, 0.15) is 10.4 Å². The molecule has 25 heavy (non-hydrogen) atoms. The Kier molecular flexibility index (Phi) is 5.61. The lowest BCUT2D eigenvalue weighted by Crippen LogP contribution is -2.16. The van der Waals surface area contributed by atoms with Crippen molar-refractivity contribution in [1.82, 2.24) is 0 Å². The van der Waals surface area contributed by atoms with Gasteiger partial charge >= 0.3 is 5.97 Å². The number of esters is 1. The van der Waals surface area contributed by atoms with Crippen LogP contribution in [0.25, 0.3) is 0 Å². The number of benzene rings is 2. The van der Waals surface area contributed by atoms with Crippen LogP contribution in [-0.2, 0) is 10.1 Å². The van der Waals surface area contributed by atoms with Crippen molar-refractivity contribution in [1.29, 1.82) is 0 Å². The van der Waals surface area contributed by atoms with Crippen LogP contribution in [0.15, 0.2) is 23.1 Å². The molecule has 5 nitrogen and oxygen atoms in total. The van der Waals surface area contributed by atoms with Gasteiger partial charge in [-0.05, 0) is 40.8 Å². The van der Waals surface area contributed by atoms with Crippen molar-refractivity contribution in [3.05, 3.63) is 55.6 Å². The summed E-state index contributed by atoms with van der Waals surface area (Å²) < 4.78 is 91.8. The molecule has 0 amide bonds. The zero-order valence-electron chi connectivity index (χ0n) is 11.4. The molecule has 0 atom stereocenters. The Balaban J connectivity index is 2.56. The van der Waals surface area contributed by atoms with E-state index in [1.807, 2.05) is 22.6 Å². The van der Waals surface area contributed by atoms with Crippen LogP contribution < -0.4 is 4.74 Å². The van der Waals surface area contributed by atoms with Crippen molar-refractivity contribution in [3.63, 3.8) is 0 Å². The predicted molar refractivity (Wildman–Crippen MR) is 83.4 cm³/mol. The molecule has 12 heteroatoms. The van der Waals surface area contributed by atoms with Gasteiger partial charge in [0.15, 0.2) is 11.6 Å². The van der Waals surface area contributed by atoms with Gasteiger partial charge in [0.05, 0.1) is 10.6 Å². The molecule has 0 bridgehead atoms. The summed E-state index contributed by atoms with van der Waals surface area (Å²) >= 11 is 7.61. The maximum absolute atomic E-state index is 13.8. The molecule has 0 saturated heterocycles. The summed E-state index contributed by atoms with van der Waals surface area (Å²) in [6.07, 6.45) is 0. The van der Waals surface area contributed by atoms with Crippen LogP contribution in [0.5, 0.6) is 5.75 Å². The maximum Gasteiger partial charge on any atom is 0.345 e. The second-order valence-electron chi connectivity index (χ2n) is 4.38. The minimum absolute atomic E-state index is 0.169. The van der Waals surface area contributed by atoms with E-state index in [4.69, 9.17) is 11.6 Å². The van der Waals surface area contributed by atoms with Gasteiger partial charge in [-0.3, -0.25) is 0 Å². The molecule has 0 saturated carbocycles. The summed E-state index contributed by atoms with van der Waals surface area (Å²) in [5, 5.41) is -0.169. The first-order chi connectivity index (χ1) is 11.4. The Hall–Kier alpha value is -1.44. The maximum atomic E-state index is 13.8. The van der Waals surface area contributed by atoms with E-state index in [2.05, 4.69) is 4.74 Å². The van der Waals surface area contributed by atoms with Crippen LogP contribution in [-0.4, -0.2) is 18.9 Å². The van der Waals surface area contributed by atoms with Gasteiger partial charge in [0, 0.05) is 3.57 Å². The molecule has 2 aromatic carbocycles. The number of ether oxygens (including phenoxy) is 1. The summed E-state index contributed by atoms with van der Waals surface area (Å²) in [5.74, 6) is -13.0. The number of carbonyl (C=O) groups excluding carboxylic acids is 1. The zero-order valence-corrected chi connectivity index (χ0v) is 15.2. The van der Waals surface area contributed by atoms with E-state index >= 15 is 0 Å². The van der Waals surface area contributed by atoms with Gasteiger partial charge in [0.1, 0.15) is 15.0 Å². The Morgan fingerprint density at radius 3 is 2.04 bits per heavy atom. The summed E-state index contributed by atoms with van der Waals surface area (Å²) in [4.78, 5) is 9.54. The van der Waals surface area contributed by atoms with Crippen LogP contribution in [0, 0.1) is 26.8 Å². The predicted octanol–water partition coefficient (Wildman–Crippen LogP) is 3.62. The lowest BCUT2D eigenvalue weighted by atomic mass is 10.2. The molecule has 0 spiro atoms. The Labute approximate surface area is 156 Å². The third-order valence-corrected chi connectivity index (χ3v) is 4.62. The first-order valence-electron chi connectivity index (χ1n) is 5.94. The Morgan fingerprint density at radius 2 is 1.60 bits per heavy atom. The fraction of sp³-hybridized carbons (Fsp3) is 0. The quantitative estimate of drug-likeness (QED) is 0.158. The molecule has 2 aromatic rings. The van der Waals surface area contributed by atoms with E-state index in [1.165, 1.54) is 12.1 Å². The molecule has 0 radical (unpaired) electrons. The first kappa shape index (κ1) is 19.9. The molecule has 0 heterocycles. The standard InChI is InChI=1S/C13H4ClF4IO5S/c14-6-3-4(19)1-2-5(6)13(20)24-11-7(15)9(17)12(25(21,22)23)10(18)8(11)16/h1-3H,(H,21,22,23)/p-1.